The number of ether oxygens (including phenoxy) is 1. The molecule has 0 spiro atoms. The van der Waals surface area contributed by atoms with Gasteiger partial charge >= 0.3 is 0 Å². The molecule has 4 heteroatoms. The Balaban J connectivity index is 2.08. The van der Waals surface area contributed by atoms with Gasteiger partial charge in [-0.05, 0) is 24.1 Å². The molecule has 1 heterocycles. The summed E-state index contributed by atoms with van der Waals surface area (Å²) < 4.78 is 5.82. The highest BCUT2D eigenvalue weighted by Gasteiger charge is 2.32. The zero-order valence-corrected chi connectivity index (χ0v) is 13.5. The number of rotatable bonds is 3. The molecule has 2 aromatic rings. The van der Waals surface area contributed by atoms with Crippen LogP contribution in [0.25, 0.3) is 6.08 Å². The molecular weight excluding hydrogens is 290 g/mol. The molecule has 0 fully saturated rings. The summed E-state index contributed by atoms with van der Waals surface area (Å²) in [6, 6.07) is 11.1. The SMILES string of the molecule is Cc1cc([O-])c(C[NH+](C)C)c2c1C(=O)/C(=C/c1ccccc1)O2. The van der Waals surface area contributed by atoms with Crippen LogP contribution in [-0.2, 0) is 6.54 Å². The Bertz CT molecular complexity index is 792. The normalized spacial score (nSPS) is 15.1. The van der Waals surface area contributed by atoms with Gasteiger partial charge in [0.25, 0.3) is 0 Å². The van der Waals surface area contributed by atoms with Gasteiger partial charge in [-0.3, -0.25) is 4.79 Å². The summed E-state index contributed by atoms with van der Waals surface area (Å²) in [5.74, 6) is 0.478. The molecule has 2 aromatic carbocycles. The van der Waals surface area contributed by atoms with Crippen molar-refractivity contribution in [3.05, 3.63) is 64.4 Å². The van der Waals surface area contributed by atoms with Crippen molar-refractivity contribution >= 4 is 11.9 Å². The van der Waals surface area contributed by atoms with E-state index in [1.807, 2.05) is 44.4 Å². The molecule has 0 atom stereocenters. The van der Waals surface area contributed by atoms with E-state index in [2.05, 4.69) is 0 Å². The van der Waals surface area contributed by atoms with Crippen molar-refractivity contribution in [2.24, 2.45) is 0 Å². The van der Waals surface area contributed by atoms with E-state index in [0.29, 0.717) is 29.0 Å². The predicted octanol–water partition coefficient (Wildman–Crippen LogP) is 1.33. The molecule has 118 valence electrons. The summed E-state index contributed by atoms with van der Waals surface area (Å²) in [4.78, 5) is 13.8. The maximum atomic E-state index is 12.7. The third kappa shape index (κ3) is 2.85. The average Bonchev–Trinajstić information content (AvgIpc) is 2.82. The van der Waals surface area contributed by atoms with Crippen LogP contribution in [0, 0.1) is 6.92 Å². The second-order valence-electron chi connectivity index (χ2n) is 6.11. The number of carbonyl (C=O) groups is 1. The van der Waals surface area contributed by atoms with Crippen molar-refractivity contribution < 1.29 is 19.5 Å². The van der Waals surface area contributed by atoms with Crippen LogP contribution in [0.2, 0.25) is 0 Å². The third-order valence-corrected chi connectivity index (χ3v) is 3.83. The number of fused-ring (bicyclic) bond motifs is 1. The van der Waals surface area contributed by atoms with Crippen molar-refractivity contribution in [1.29, 1.82) is 0 Å². The number of hydrogen-bond donors (Lipinski definition) is 1. The molecule has 0 radical (unpaired) electrons. The highest BCUT2D eigenvalue weighted by Crippen LogP contribution is 2.40. The lowest BCUT2D eigenvalue weighted by Gasteiger charge is -2.19. The van der Waals surface area contributed by atoms with Gasteiger partial charge in [-0.1, -0.05) is 42.1 Å². The minimum absolute atomic E-state index is 0.0730. The fraction of sp³-hybridized carbons (Fsp3) is 0.211. The second kappa shape index (κ2) is 5.89. The number of Topliss-reactive ketones (excluding diaryl/α,β-unsaturated/α-hetero) is 1. The molecule has 1 aliphatic heterocycles. The molecule has 0 aromatic heterocycles. The standard InChI is InChI=1S/C19H19NO3/c1-12-9-15(21)14(11-20(2)3)19-17(12)18(22)16(23-19)10-13-7-5-4-6-8-13/h4-10,21H,11H2,1-3H3/b16-10-. The third-order valence-electron chi connectivity index (χ3n) is 3.83. The summed E-state index contributed by atoms with van der Waals surface area (Å²) >= 11 is 0. The van der Waals surface area contributed by atoms with E-state index >= 15 is 0 Å². The Labute approximate surface area is 135 Å². The quantitative estimate of drug-likeness (QED) is 0.870. The molecule has 0 aliphatic carbocycles. The number of nitrogens with one attached hydrogen (secondary N) is 1. The highest BCUT2D eigenvalue weighted by atomic mass is 16.5. The summed E-state index contributed by atoms with van der Waals surface area (Å²) in [5.41, 5.74) is 2.64. The summed E-state index contributed by atoms with van der Waals surface area (Å²) in [6.45, 7) is 2.30. The minimum atomic E-state index is -0.156. The molecule has 4 nitrogen and oxygen atoms in total. The van der Waals surface area contributed by atoms with Gasteiger partial charge in [0.15, 0.2) is 5.76 Å². The zero-order chi connectivity index (χ0) is 16.6. The Morgan fingerprint density at radius 2 is 1.91 bits per heavy atom. The van der Waals surface area contributed by atoms with Gasteiger partial charge in [0.05, 0.1) is 19.7 Å². The number of benzene rings is 2. The van der Waals surface area contributed by atoms with Gasteiger partial charge in [0.1, 0.15) is 12.3 Å². The van der Waals surface area contributed by atoms with E-state index in [9.17, 15) is 9.90 Å². The molecule has 0 bridgehead atoms. The van der Waals surface area contributed by atoms with Gasteiger partial charge in [0.2, 0.25) is 5.78 Å². The Hall–Kier alpha value is -2.59. The molecule has 0 saturated carbocycles. The number of ketones is 1. The Kier molecular flexibility index (Phi) is 3.92. The first-order chi connectivity index (χ1) is 11.0. The van der Waals surface area contributed by atoms with Crippen molar-refractivity contribution in [2.45, 2.75) is 13.5 Å². The van der Waals surface area contributed by atoms with Crippen LogP contribution < -0.4 is 14.7 Å². The first kappa shape index (κ1) is 15.3. The van der Waals surface area contributed by atoms with Crippen LogP contribution in [0.1, 0.15) is 27.0 Å². The maximum Gasteiger partial charge on any atom is 0.232 e. The van der Waals surface area contributed by atoms with E-state index in [1.165, 1.54) is 6.07 Å². The molecule has 0 saturated heterocycles. The maximum absolute atomic E-state index is 12.7. The molecule has 0 amide bonds. The van der Waals surface area contributed by atoms with E-state index in [4.69, 9.17) is 4.74 Å². The van der Waals surface area contributed by atoms with Gasteiger partial charge in [-0.2, -0.15) is 0 Å². The fourth-order valence-electron chi connectivity index (χ4n) is 2.79. The summed E-state index contributed by atoms with van der Waals surface area (Å²) in [7, 11) is 3.92. The molecule has 0 unspecified atom stereocenters. The largest absolute Gasteiger partial charge is 0.872 e. The molecule has 23 heavy (non-hydrogen) atoms. The van der Waals surface area contributed by atoms with Crippen LogP contribution >= 0.6 is 0 Å². The van der Waals surface area contributed by atoms with Crippen LogP contribution in [0.15, 0.2) is 42.2 Å². The lowest BCUT2D eigenvalue weighted by molar-refractivity contribution is -0.872. The number of aryl methyl sites for hydroxylation is 1. The first-order valence-electron chi connectivity index (χ1n) is 7.59. The highest BCUT2D eigenvalue weighted by molar-refractivity contribution is 6.15. The Morgan fingerprint density at radius 1 is 1.22 bits per heavy atom. The topological polar surface area (TPSA) is 53.8 Å². The number of hydrogen-bond acceptors (Lipinski definition) is 3. The number of quaternary nitrogens is 1. The molecule has 1 aliphatic rings. The van der Waals surface area contributed by atoms with Crippen molar-refractivity contribution in [2.75, 3.05) is 14.1 Å². The van der Waals surface area contributed by atoms with E-state index in [1.54, 1.807) is 13.0 Å². The number of carbonyl (C=O) groups excluding carboxylic acids is 1. The van der Waals surface area contributed by atoms with Crippen LogP contribution in [0.3, 0.4) is 0 Å². The summed E-state index contributed by atoms with van der Waals surface area (Å²) in [5, 5.41) is 12.3. The molecular formula is C19H19NO3. The predicted molar refractivity (Wildman–Crippen MR) is 86.5 cm³/mol. The van der Waals surface area contributed by atoms with Gasteiger partial charge in [0, 0.05) is 5.56 Å². The van der Waals surface area contributed by atoms with E-state index in [-0.39, 0.29) is 17.3 Å². The van der Waals surface area contributed by atoms with Crippen molar-refractivity contribution in [1.82, 2.24) is 0 Å². The first-order valence-corrected chi connectivity index (χ1v) is 7.59. The Morgan fingerprint density at radius 3 is 2.57 bits per heavy atom. The van der Waals surface area contributed by atoms with Crippen LogP contribution in [0.5, 0.6) is 11.5 Å². The lowest BCUT2D eigenvalue weighted by atomic mass is 9.99. The van der Waals surface area contributed by atoms with Crippen molar-refractivity contribution in [3.8, 4) is 11.5 Å². The van der Waals surface area contributed by atoms with Gasteiger partial charge in [-0.25, -0.2) is 0 Å². The molecule has 3 rings (SSSR count). The van der Waals surface area contributed by atoms with Crippen molar-refractivity contribution in [3.63, 3.8) is 0 Å². The monoisotopic (exact) mass is 309 g/mol. The van der Waals surface area contributed by atoms with Gasteiger partial charge < -0.3 is 14.7 Å². The van der Waals surface area contributed by atoms with Crippen LogP contribution in [-0.4, -0.2) is 19.9 Å². The zero-order valence-electron chi connectivity index (χ0n) is 13.5. The second-order valence-corrected chi connectivity index (χ2v) is 6.11. The lowest BCUT2D eigenvalue weighted by Crippen LogP contribution is -3.04. The van der Waals surface area contributed by atoms with Gasteiger partial charge in [-0.15, -0.1) is 0 Å². The fourth-order valence-corrected chi connectivity index (χ4v) is 2.79. The van der Waals surface area contributed by atoms with Crippen LogP contribution in [0.4, 0.5) is 0 Å². The van der Waals surface area contributed by atoms with E-state index < -0.39 is 0 Å². The summed E-state index contributed by atoms with van der Waals surface area (Å²) in [6.07, 6.45) is 1.72. The number of allylic oxidation sites excluding steroid dienone is 1. The smallest absolute Gasteiger partial charge is 0.232 e. The van der Waals surface area contributed by atoms with E-state index in [0.717, 1.165) is 10.5 Å². The average molecular weight is 309 g/mol. The minimum Gasteiger partial charge on any atom is -0.872 e. The molecule has 1 N–H and O–H groups in total.